The van der Waals surface area contributed by atoms with E-state index >= 15 is 0 Å². The van der Waals surface area contributed by atoms with Crippen molar-refractivity contribution >= 4 is 5.78 Å². The lowest BCUT2D eigenvalue weighted by molar-refractivity contribution is -0.138. The van der Waals surface area contributed by atoms with Gasteiger partial charge in [0, 0.05) is 12.3 Å². The summed E-state index contributed by atoms with van der Waals surface area (Å²) in [7, 11) is 0. The van der Waals surface area contributed by atoms with Crippen LogP contribution in [0.2, 0.25) is 0 Å². The molecule has 19 heavy (non-hydrogen) atoms. The number of carbonyl (C=O) groups is 1. The summed E-state index contributed by atoms with van der Waals surface area (Å²) >= 11 is 0. The molecule has 1 aliphatic carbocycles. The van der Waals surface area contributed by atoms with Crippen molar-refractivity contribution in [1.82, 2.24) is 0 Å². The Hall–Kier alpha value is -1.32. The maximum absolute atomic E-state index is 13.0. The van der Waals surface area contributed by atoms with Gasteiger partial charge >= 0.3 is 6.18 Å². The molecule has 0 bridgehead atoms. The third kappa shape index (κ3) is 2.99. The second-order valence-electron chi connectivity index (χ2n) is 5.03. The number of alkyl halides is 3. The van der Waals surface area contributed by atoms with Crippen LogP contribution in [-0.2, 0) is 17.4 Å². The largest absolute Gasteiger partial charge is 0.416 e. The van der Waals surface area contributed by atoms with E-state index in [0.717, 1.165) is 12.8 Å². The predicted molar refractivity (Wildman–Crippen MR) is 67.0 cm³/mol. The highest BCUT2D eigenvalue weighted by atomic mass is 19.4. The van der Waals surface area contributed by atoms with E-state index in [-0.39, 0.29) is 11.7 Å². The molecule has 1 aromatic carbocycles. The Balaban J connectivity index is 2.40. The molecular formula is C15H17F3O. The third-order valence-electron chi connectivity index (χ3n) is 3.78. The van der Waals surface area contributed by atoms with Gasteiger partial charge in [-0.25, -0.2) is 0 Å². The van der Waals surface area contributed by atoms with E-state index in [0.29, 0.717) is 30.4 Å². The van der Waals surface area contributed by atoms with E-state index < -0.39 is 11.7 Å². The second-order valence-corrected chi connectivity index (χ2v) is 5.03. The Bertz CT molecular complexity index is 477. The number of rotatable bonds is 2. The lowest BCUT2D eigenvalue weighted by atomic mass is 9.82. The van der Waals surface area contributed by atoms with Crippen LogP contribution >= 0.6 is 0 Å². The fourth-order valence-electron chi connectivity index (χ4n) is 2.72. The quantitative estimate of drug-likeness (QED) is 0.773. The smallest absolute Gasteiger partial charge is 0.299 e. The predicted octanol–water partition coefficient (Wildman–Crippen LogP) is 4.49. The standard InChI is InChI=1S/C15H17F3O/c1-2-10-7-8-11(9-13(10)15(16,17)18)12-5-3-4-6-14(12)19/h7-9,12H,2-6H2,1H3. The highest BCUT2D eigenvalue weighted by Gasteiger charge is 2.34. The van der Waals surface area contributed by atoms with Gasteiger partial charge in [-0.15, -0.1) is 0 Å². The summed E-state index contributed by atoms with van der Waals surface area (Å²) in [5.41, 5.74) is 0.222. The van der Waals surface area contributed by atoms with Crippen LogP contribution in [0.4, 0.5) is 13.2 Å². The molecule has 0 amide bonds. The van der Waals surface area contributed by atoms with Gasteiger partial charge in [0.15, 0.2) is 0 Å². The van der Waals surface area contributed by atoms with Crippen LogP contribution < -0.4 is 0 Å². The lowest BCUT2D eigenvalue weighted by Gasteiger charge is -2.22. The topological polar surface area (TPSA) is 17.1 Å². The highest BCUT2D eigenvalue weighted by molar-refractivity contribution is 5.86. The summed E-state index contributed by atoms with van der Waals surface area (Å²) in [6.07, 6.45) is -1.09. The van der Waals surface area contributed by atoms with E-state index in [1.807, 2.05) is 0 Å². The normalized spacial score (nSPS) is 20.6. The minimum absolute atomic E-state index is 0.0728. The molecule has 0 spiro atoms. The van der Waals surface area contributed by atoms with Crippen LogP contribution in [0.3, 0.4) is 0 Å². The SMILES string of the molecule is CCc1ccc(C2CCCCC2=O)cc1C(F)(F)F. The molecule has 1 unspecified atom stereocenters. The summed E-state index contributed by atoms with van der Waals surface area (Å²) < 4.78 is 39.0. The van der Waals surface area contributed by atoms with E-state index in [9.17, 15) is 18.0 Å². The number of aryl methyl sites for hydroxylation is 1. The third-order valence-corrected chi connectivity index (χ3v) is 3.78. The molecule has 4 heteroatoms. The minimum Gasteiger partial charge on any atom is -0.299 e. The molecule has 1 atom stereocenters. The van der Waals surface area contributed by atoms with Crippen molar-refractivity contribution < 1.29 is 18.0 Å². The number of Topliss-reactive ketones (excluding diaryl/α,β-unsaturated/α-hetero) is 1. The van der Waals surface area contributed by atoms with Gasteiger partial charge in [-0.2, -0.15) is 13.2 Å². The van der Waals surface area contributed by atoms with Gasteiger partial charge in [0.1, 0.15) is 5.78 Å². The van der Waals surface area contributed by atoms with Gasteiger partial charge in [0.25, 0.3) is 0 Å². The molecule has 1 saturated carbocycles. The van der Waals surface area contributed by atoms with Crippen LogP contribution in [0.25, 0.3) is 0 Å². The van der Waals surface area contributed by atoms with E-state index in [4.69, 9.17) is 0 Å². The Labute approximate surface area is 110 Å². The fourth-order valence-corrected chi connectivity index (χ4v) is 2.72. The number of hydrogen-bond acceptors (Lipinski definition) is 1. The van der Waals surface area contributed by atoms with E-state index in [1.165, 1.54) is 12.1 Å². The molecule has 1 aromatic rings. The maximum Gasteiger partial charge on any atom is 0.416 e. The van der Waals surface area contributed by atoms with Crippen LogP contribution in [0.5, 0.6) is 0 Å². The average Bonchev–Trinajstić information content (AvgIpc) is 2.37. The number of halogens is 3. The first kappa shape index (κ1) is 14.1. The van der Waals surface area contributed by atoms with Crippen molar-refractivity contribution in [3.8, 4) is 0 Å². The molecule has 0 N–H and O–H groups in total. The van der Waals surface area contributed by atoms with Gasteiger partial charge in [-0.05, 0) is 36.5 Å². The van der Waals surface area contributed by atoms with Crippen molar-refractivity contribution in [2.45, 2.75) is 51.1 Å². The Morgan fingerprint density at radius 2 is 2.00 bits per heavy atom. The van der Waals surface area contributed by atoms with Gasteiger partial charge in [-0.1, -0.05) is 25.5 Å². The van der Waals surface area contributed by atoms with Crippen LogP contribution in [-0.4, -0.2) is 5.78 Å². The van der Waals surface area contributed by atoms with E-state index in [1.54, 1.807) is 13.0 Å². The summed E-state index contributed by atoms with van der Waals surface area (Å²) in [6, 6.07) is 4.37. The van der Waals surface area contributed by atoms with Crippen LogP contribution in [0, 0.1) is 0 Å². The maximum atomic E-state index is 13.0. The minimum atomic E-state index is -4.35. The molecule has 0 heterocycles. The summed E-state index contributed by atoms with van der Waals surface area (Å²) in [5.74, 6) is -0.274. The molecule has 0 radical (unpaired) electrons. The van der Waals surface area contributed by atoms with Crippen molar-refractivity contribution in [1.29, 1.82) is 0 Å². The number of ketones is 1. The molecule has 0 saturated heterocycles. The van der Waals surface area contributed by atoms with Crippen LogP contribution in [0.1, 0.15) is 55.2 Å². The molecular weight excluding hydrogens is 253 g/mol. The zero-order chi connectivity index (χ0) is 14.0. The molecule has 0 aliphatic heterocycles. The Morgan fingerprint density at radius 3 is 2.58 bits per heavy atom. The molecule has 2 rings (SSSR count). The number of benzene rings is 1. The van der Waals surface area contributed by atoms with E-state index in [2.05, 4.69) is 0 Å². The first-order valence-corrected chi connectivity index (χ1v) is 6.66. The molecule has 0 aromatic heterocycles. The van der Waals surface area contributed by atoms with Crippen molar-refractivity contribution in [2.75, 3.05) is 0 Å². The molecule has 1 fully saturated rings. The zero-order valence-electron chi connectivity index (χ0n) is 10.9. The Kier molecular flexibility index (Phi) is 3.97. The first-order valence-electron chi connectivity index (χ1n) is 6.66. The van der Waals surface area contributed by atoms with Crippen molar-refractivity contribution in [3.05, 3.63) is 34.9 Å². The Morgan fingerprint density at radius 1 is 1.26 bits per heavy atom. The van der Waals surface area contributed by atoms with Crippen molar-refractivity contribution in [3.63, 3.8) is 0 Å². The molecule has 1 nitrogen and oxygen atoms in total. The second kappa shape index (κ2) is 5.35. The van der Waals surface area contributed by atoms with Gasteiger partial charge in [0.05, 0.1) is 5.56 Å². The fraction of sp³-hybridized carbons (Fsp3) is 0.533. The summed E-state index contributed by atoms with van der Waals surface area (Å²) in [4.78, 5) is 11.8. The lowest BCUT2D eigenvalue weighted by Crippen LogP contribution is -2.18. The molecule has 1 aliphatic rings. The zero-order valence-corrected chi connectivity index (χ0v) is 10.9. The summed E-state index contributed by atoms with van der Waals surface area (Å²) in [6.45, 7) is 1.70. The highest BCUT2D eigenvalue weighted by Crippen LogP contribution is 2.37. The monoisotopic (exact) mass is 270 g/mol. The van der Waals surface area contributed by atoms with Gasteiger partial charge in [-0.3, -0.25) is 4.79 Å². The number of carbonyl (C=O) groups excluding carboxylic acids is 1. The van der Waals surface area contributed by atoms with Gasteiger partial charge in [0.2, 0.25) is 0 Å². The van der Waals surface area contributed by atoms with Crippen molar-refractivity contribution in [2.24, 2.45) is 0 Å². The average molecular weight is 270 g/mol. The van der Waals surface area contributed by atoms with Gasteiger partial charge < -0.3 is 0 Å². The first-order chi connectivity index (χ1) is 8.93. The summed E-state index contributed by atoms with van der Waals surface area (Å²) in [5, 5.41) is 0. The van der Waals surface area contributed by atoms with Crippen LogP contribution in [0.15, 0.2) is 18.2 Å². The molecule has 104 valence electrons. The number of hydrogen-bond donors (Lipinski definition) is 0.